The van der Waals surface area contributed by atoms with Gasteiger partial charge in [0.1, 0.15) is 12.4 Å². The molecule has 1 fully saturated rings. The Morgan fingerprint density at radius 1 is 1.54 bits per heavy atom. The molecular formula is C7H14NO4S+. The van der Waals surface area contributed by atoms with Gasteiger partial charge in [0, 0.05) is 13.1 Å². The summed E-state index contributed by atoms with van der Waals surface area (Å²) in [5.41, 5.74) is 0. The lowest BCUT2D eigenvalue weighted by Crippen LogP contribution is -2.40. The van der Waals surface area contributed by atoms with Crippen LogP contribution < -0.4 is 0 Å². The van der Waals surface area contributed by atoms with Crippen LogP contribution in [0, 0.1) is 0 Å². The molecule has 0 aromatic rings. The Bertz CT molecular complexity index is 213. The Kier molecular flexibility index (Phi) is 3.68. The molecule has 0 saturated carbocycles. The van der Waals surface area contributed by atoms with E-state index in [-0.39, 0.29) is 6.10 Å². The molecule has 5 nitrogen and oxygen atoms in total. The van der Waals surface area contributed by atoms with Crippen LogP contribution in [-0.2, 0) is 19.5 Å². The third kappa shape index (κ3) is 3.31. The minimum absolute atomic E-state index is 0.0378. The fraction of sp³-hybridized carbons (Fsp3) is 0.857. The minimum atomic E-state index is -1.57. The smallest absolute Gasteiger partial charge is 0.407 e. The molecule has 1 N–H and O–H groups in total. The summed E-state index contributed by atoms with van der Waals surface area (Å²) in [4.78, 5) is 11.9. The molecule has 1 saturated heterocycles. The van der Waals surface area contributed by atoms with Gasteiger partial charge in [-0.05, 0) is 12.8 Å². The monoisotopic (exact) mass is 208 g/mol. The summed E-state index contributed by atoms with van der Waals surface area (Å²) in [6, 6.07) is 0. The van der Waals surface area contributed by atoms with Gasteiger partial charge in [-0.15, -0.1) is 0 Å². The quantitative estimate of drug-likeness (QED) is 0.526. The van der Waals surface area contributed by atoms with Crippen molar-refractivity contribution >= 4 is 17.2 Å². The molecule has 1 aliphatic heterocycles. The van der Waals surface area contributed by atoms with E-state index in [2.05, 4.69) is 0 Å². The molecule has 0 aromatic heterocycles. The Hall–Kier alpha value is -0.620. The lowest BCUT2D eigenvalue weighted by Gasteiger charge is -2.27. The standard InChI is InChI=1S/C7H13NO4S/c1-13(11)12-6-2-4-8(5-3-6)7(9)10/h6H,2-5H2,1H3,(H,9,10)/p+1. The first-order valence-corrected chi connectivity index (χ1v) is 5.77. The van der Waals surface area contributed by atoms with Gasteiger partial charge < -0.3 is 10.0 Å². The third-order valence-electron chi connectivity index (χ3n) is 2.01. The first kappa shape index (κ1) is 10.5. The number of nitrogens with zero attached hydrogens (tertiary/aromatic N) is 1. The van der Waals surface area contributed by atoms with Gasteiger partial charge in [0.15, 0.2) is 0 Å². The maximum atomic E-state index is 10.7. The van der Waals surface area contributed by atoms with Crippen molar-refractivity contribution in [1.29, 1.82) is 0 Å². The molecule has 0 aromatic carbocycles. The highest BCUT2D eigenvalue weighted by Crippen LogP contribution is 2.14. The number of amides is 1. The van der Waals surface area contributed by atoms with Crippen LogP contribution in [0.1, 0.15) is 12.8 Å². The summed E-state index contributed by atoms with van der Waals surface area (Å²) in [5, 5.41) is 8.63. The van der Waals surface area contributed by atoms with Crippen molar-refractivity contribution in [1.82, 2.24) is 4.90 Å². The summed E-state index contributed by atoms with van der Waals surface area (Å²) < 4.78 is 15.8. The fourth-order valence-corrected chi connectivity index (χ4v) is 1.99. The Morgan fingerprint density at radius 2 is 2.08 bits per heavy atom. The van der Waals surface area contributed by atoms with E-state index in [1.807, 2.05) is 0 Å². The van der Waals surface area contributed by atoms with Crippen molar-refractivity contribution in [3.63, 3.8) is 0 Å². The number of rotatable bonds is 2. The summed E-state index contributed by atoms with van der Waals surface area (Å²) in [5.74, 6) is 0. The number of carbonyl (C=O) groups is 1. The van der Waals surface area contributed by atoms with Crippen LogP contribution in [0.15, 0.2) is 0 Å². The molecule has 1 unspecified atom stereocenters. The average molecular weight is 208 g/mol. The highest BCUT2D eigenvalue weighted by atomic mass is 32.2. The van der Waals surface area contributed by atoms with Gasteiger partial charge in [0.2, 0.25) is 11.1 Å². The van der Waals surface area contributed by atoms with Crippen LogP contribution in [0.3, 0.4) is 0 Å². The van der Waals surface area contributed by atoms with Gasteiger partial charge in [0.05, 0.1) is 0 Å². The Balaban J connectivity index is 2.30. The van der Waals surface area contributed by atoms with Gasteiger partial charge in [-0.25, -0.2) is 4.79 Å². The maximum Gasteiger partial charge on any atom is 0.407 e. The molecule has 13 heavy (non-hydrogen) atoms. The van der Waals surface area contributed by atoms with Gasteiger partial charge in [-0.2, -0.15) is 4.18 Å². The minimum Gasteiger partial charge on any atom is -0.465 e. The highest BCUT2D eigenvalue weighted by Gasteiger charge is 2.25. The molecule has 1 atom stereocenters. The molecule has 76 valence electrons. The lowest BCUT2D eigenvalue weighted by atomic mass is 10.1. The fourth-order valence-electron chi connectivity index (χ4n) is 1.36. The second-order valence-corrected chi connectivity index (χ2v) is 4.10. The molecule has 1 heterocycles. The van der Waals surface area contributed by atoms with Crippen LogP contribution in [0.4, 0.5) is 4.79 Å². The van der Waals surface area contributed by atoms with Crippen LogP contribution in [0.25, 0.3) is 0 Å². The molecule has 0 spiro atoms. The van der Waals surface area contributed by atoms with Crippen LogP contribution in [0.5, 0.6) is 0 Å². The molecule has 1 rings (SSSR count). The topological polar surface area (TPSA) is 66.8 Å². The van der Waals surface area contributed by atoms with E-state index >= 15 is 0 Å². The zero-order chi connectivity index (χ0) is 9.84. The number of piperidine rings is 1. The molecular weight excluding hydrogens is 194 g/mol. The van der Waals surface area contributed by atoms with Crippen molar-refractivity contribution in [2.75, 3.05) is 19.3 Å². The van der Waals surface area contributed by atoms with E-state index in [0.29, 0.717) is 25.9 Å². The summed E-state index contributed by atoms with van der Waals surface area (Å²) in [6.07, 6.45) is 1.87. The SMILES string of the molecule is C[SH+](=O)OC1CCN(C(=O)O)CC1. The second-order valence-electron chi connectivity index (χ2n) is 3.01. The molecule has 0 aliphatic carbocycles. The average Bonchev–Trinajstić information content (AvgIpc) is 2.04. The summed E-state index contributed by atoms with van der Waals surface area (Å²) in [6.45, 7) is 0.951. The van der Waals surface area contributed by atoms with Gasteiger partial charge in [0.25, 0.3) is 0 Å². The molecule has 0 radical (unpaired) electrons. The Morgan fingerprint density at radius 3 is 2.46 bits per heavy atom. The predicted octanol–water partition coefficient (Wildman–Crippen LogP) is 0.386. The Labute approximate surface area is 79.3 Å². The summed E-state index contributed by atoms with van der Waals surface area (Å²) in [7, 11) is 0. The first-order chi connectivity index (χ1) is 6.09. The van der Waals surface area contributed by atoms with Gasteiger partial charge in [-0.3, -0.25) is 0 Å². The van der Waals surface area contributed by atoms with E-state index in [0.717, 1.165) is 0 Å². The zero-order valence-electron chi connectivity index (χ0n) is 7.47. The molecule has 0 bridgehead atoms. The lowest BCUT2D eigenvalue weighted by molar-refractivity contribution is 0.0962. The maximum absolute atomic E-state index is 10.7. The first-order valence-electron chi connectivity index (χ1n) is 4.15. The number of likely N-dealkylation sites (tertiary alicyclic amines) is 1. The number of hydrogen-bond donors (Lipinski definition) is 1. The predicted molar refractivity (Wildman–Crippen MR) is 49.1 cm³/mol. The van der Waals surface area contributed by atoms with Crippen LogP contribution in [-0.4, -0.2) is 41.5 Å². The van der Waals surface area contributed by atoms with E-state index in [1.54, 1.807) is 0 Å². The van der Waals surface area contributed by atoms with E-state index < -0.39 is 17.2 Å². The van der Waals surface area contributed by atoms with Gasteiger partial charge >= 0.3 is 6.09 Å². The van der Waals surface area contributed by atoms with E-state index in [1.165, 1.54) is 11.2 Å². The number of carboxylic acid groups (broad SMARTS) is 1. The molecule has 1 amide bonds. The largest absolute Gasteiger partial charge is 0.465 e. The van der Waals surface area contributed by atoms with Crippen molar-refractivity contribution in [3.05, 3.63) is 0 Å². The molecule has 6 heteroatoms. The van der Waals surface area contributed by atoms with E-state index in [4.69, 9.17) is 9.29 Å². The van der Waals surface area contributed by atoms with Crippen molar-refractivity contribution < 1.29 is 18.3 Å². The van der Waals surface area contributed by atoms with Crippen molar-refractivity contribution in [2.45, 2.75) is 18.9 Å². The van der Waals surface area contributed by atoms with Crippen LogP contribution in [0.2, 0.25) is 0 Å². The second kappa shape index (κ2) is 4.57. The van der Waals surface area contributed by atoms with Gasteiger partial charge in [-0.1, -0.05) is 4.21 Å². The molecule has 1 aliphatic rings. The highest BCUT2D eigenvalue weighted by molar-refractivity contribution is 7.79. The van der Waals surface area contributed by atoms with E-state index in [9.17, 15) is 9.00 Å². The van der Waals surface area contributed by atoms with Crippen LogP contribution >= 0.6 is 0 Å². The van der Waals surface area contributed by atoms with Crippen molar-refractivity contribution in [3.8, 4) is 0 Å². The summed E-state index contributed by atoms with van der Waals surface area (Å²) >= 11 is -1.57. The third-order valence-corrected chi connectivity index (χ3v) is 2.61. The zero-order valence-corrected chi connectivity index (χ0v) is 8.37. The number of thiol groups is 1. The normalized spacial score (nSPS) is 21.5. The number of hydrogen-bond acceptors (Lipinski definition) is 3. The van der Waals surface area contributed by atoms with Crippen molar-refractivity contribution in [2.24, 2.45) is 0 Å².